The maximum Gasteiger partial charge on any atom is 0.452 e. The van der Waals surface area contributed by atoms with Gasteiger partial charge in [-0.15, -0.1) is 0 Å². The van der Waals surface area contributed by atoms with Gasteiger partial charge in [0, 0.05) is 0 Å². The molecular weight excluding hydrogens is 218 g/mol. The number of hydrogen-bond donors (Lipinski definition) is 0. The smallest absolute Gasteiger partial charge is 0.452 e. The lowest BCUT2D eigenvalue weighted by Gasteiger charge is -2.16. The number of alkyl halides is 6. The van der Waals surface area contributed by atoms with Gasteiger partial charge in [0.25, 0.3) is 0 Å². The molecule has 0 heterocycles. The second-order valence-corrected chi connectivity index (χ2v) is 2.06. The minimum Gasteiger partial charge on any atom is -0.490 e. The highest BCUT2D eigenvalue weighted by molar-refractivity contribution is 5.12. The van der Waals surface area contributed by atoms with Gasteiger partial charge in [0.05, 0.1) is 14.2 Å². The van der Waals surface area contributed by atoms with E-state index in [-0.39, 0.29) is 0 Å². The lowest BCUT2D eigenvalue weighted by molar-refractivity contribution is -0.163. The molecule has 0 amide bonds. The van der Waals surface area contributed by atoms with Crippen LogP contribution < -0.4 is 0 Å². The SMILES string of the molecule is COC(=C(OC)C(F)(F)F)C(F)(F)F. The molecule has 0 aliphatic heterocycles. The van der Waals surface area contributed by atoms with E-state index in [0.29, 0.717) is 14.2 Å². The van der Waals surface area contributed by atoms with Crippen molar-refractivity contribution in [3.63, 3.8) is 0 Å². The predicted molar refractivity (Wildman–Crippen MR) is 33.2 cm³/mol. The van der Waals surface area contributed by atoms with Gasteiger partial charge in [-0.2, -0.15) is 26.3 Å². The van der Waals surface area contributed by atoms with E-state index in [2.05, 4.69) is 9.47 Å². The van der Waals surface area contributed by atoms with Gasteiger partial charge in [-0.05, 0) is 0 Å². The largest absolute Gasteiger partial charge is 0.490 e. The predicted octanol–water partition coefficient (Wildman–Crippen LogP) is 2.62. The first-order valence-electron chi connectivity index (χ1n) is 3.11. The highest BCUT2D eigenvalue weighted by atomic mass is 19.4. The maximum absolute atomic E-state index is 11.9. The van der Waals surface area contributed by atoms with E-state index in [1.807, 2.05) is 0 Å². The van der Waals surface area contributed by atoms with Crippen molar-refractivity contribution in [2.24, 2.45) is 0 Å². The van der Waals surface area contributed by atoms with Crippen molar-refractivity contribution in [3.05, 3.63) is 11.5 Å². The average Bonchev–Trinajstić information content (AvgIpc) is 1.94. The summed E-state index contributed by atoms with van der Waals surface area (Å²) < 4.78 is 78.8. The summed E-state index contributed by atoms with van der Waals surface area (Å²) in [5, 5.41) is 0. The average molecular weight is 224 g/mol. The van der Waals surface area contributed by atoms with E-state index >= 15 is 0 Å². The summed E-state index contributed by atoms with van der Waals surface area (Å²) in [5.41, 5.74) is 0. The molecule has 0 aromatic carbocycles. The van der Waals surface area contributed by atoms with Crippen molar-refractivity contribution in [2.45, 2.75) is 12.4 Å². The van der Waals surface area contributed by atoms with E-state index < -0.39 is 23.9 Å². The van der Waals surface area contributed by atoms with Crippen LogP contribution in [0.1, 0.15) is 0 Å². The minimum atomic E-state index is -5.24. The molecule has 0 saturated heterocycles. The summed E-state index contributed by atoms with van der Waals surface area (Å²) in [5.74, 6) is -4.40. The Hall–Kier alpha value is -1.08. The van der Waals surface area contributed by atoms with Gasteiger partial charge in [-0.25, -0.2) is 0 Å². The Morgan fingerprint density at radius 3 is 1.00 bits per heavy atom. The molecular formula is C6H6F6O2. The van der Waals surface area contributed by atoms with Crippen LogP contribution in [0.25, 0.3) is 0 Å². The number of methoxy groups -OCH3 is 2. The fourth-order valence-electron chi connectivity index (χ4n) is 0.674. The molecule has 0 aromatic rings. The molecule has 0 radical (unpaired) electrons. The third-order valence-electron chi connectivity index (χ3n) is 1.13. The second-order valence-electron chi connectivity index (χ2n) is 2.06. The van der Waals surface area contributed by atoms with Gasteiger partial charge in [0.1, 0.15) is 0 Å². The van der Waals surface area contributed by atoms with Crippen LogP contribution in [-0.4, -0.2) is 26.6 Å². The molecule has 0 bridgehead atoms. The number of hydrogen-bond acceptors (Lipinski definition) is 2. The molecule has 0 aromatic heterocycles. The third kappa shape index (κ3) is 3.00. The van der Waals surface area contributed by atoms with Crippen LogP contribution in [0.4, 0.5) is 26.3 Å². The molecule has 8 heteroatoms. The third-order valence-corrected chi connectivity index (χ3v) is 1.13. The maximum atomic E-state index is 11.9. The zero-order chi connectivity index (χ0) is 11.6. The quantitative estimate of drug-likeness (QED) is 0.530. The molecule has 0 aliphatic rings. The topological polar surface area (TPSA) is 18.5 Å². The van der Waals surface area contributed by atoms with Gasteiger partial charge in [0.2, 0.25) is 11.5 Å². The van der Waals surface area contributed by atoms with E-state index in [1.54, 1.807) is 0 Å². The van der Waals surface area contributed by atoms with Crippen LogP contribution in [0.15, 0.2) is 11.5 Å². The van der Waals surface area contributed by atoms with Crippen molar-refractivity contribution in [1.82, 2.24) is 0 Å². The molecule has 0 spiro atoms. The molecule has 0 rings (SSSR count). The summed E-state index contributed by atoms with van der Waals surface area (Å²) in [7, 11) is 0.959. The fraction of sp³-hybridized carbons (Fsp3) is 0.667. The standard InChI is InChI=1S/C6H6F6O2/c1-13-3(5(7,8)9)4(14-2)6(10,11)12/h1-2H3. The van der Waals surface area contributed by atoms with Gasteiger partial charge < -0.3 is 9.47 Å². The van der Waals surface area contributed by atoms with Crippen molar-refractivity contribution in [3.8, 4) is 0 Å². The van der Waals surface area contributed by atoms with Gasteiger partial charge in [-0.1, -0.05) is 0 Å². The lowest BCUT2D eigenvalue weighted by Crippen LogP contribution is -2.24. The Morgan fingerprint density at radius 2 is 0.929 bits per heavy atom. The van der Waals surface area contributed by atoms with E-state index in [0.717, 1.165) is 0 Å². The van der Waals surface area contributed by atoms with Crippen LogP contribution in [0.5, 0.6) is 0 Å². The Morgan fingerprint density at radius 1 is 0.714 bits per heavy atom. The summed E-state index contributed by atoms with van der Waals surface area (Å²) in [6.45, 7) is 0. The molecule has 0 saturated carbocycles. The molecule has 0 N–H and O–H groups in total. The monoisotopic (exact) mass is 224 g/mol. The van der Waals surface area contributed by atoms with Gasteiger partial charge in [-0.3, -0.25) is 0 Å². The first kappa shape index (κ1) is 12.9. The highest BCUT2D eigenvalue weighted by Crippen LogP contribution is 2.36. The second kappa shape index (κ2) is 3.97. The number of halogens is 6. The van der Waals surface area contributed by atoms with Crippen LogP contribution in [0.2, 0.25) is 0 Å². The van der Waals surface area contributed by atoms with E-state index in [1.165, 1.54) is 0 Å². The van der Waals surface area contributed by atoms with Crippen molar-refractivity contribution in [1.29, 1.82) is 0 Å². The van der Waals surface area contributed by atoms with Gasteiger partial charge >= 0.3 is 12.4 Å². The van der Waals surface area contributed by atoms with Crippen LogP contribution in [-0.2, 0) is 9.47 Å². The highest BCUT2D eigenvalue weighted by Gasteiger charge is 2.48. The number of allylic oxidation sites excluding steroid dienone is 2. The van der Waals surface area contributed by atoms with E-state index in [4.69, 9.17) is 0 Å². The number of rotatable bonds is 2. The molecule has 0 unspecified atom stereocenters. The summed E-state index contributed by atoms with van der Waals surface area (Å²) in [4.78, 5) is 0. The lowest BCUT2D eigenvalue weighted by atomic mass is 10.3. The van der Waals surface area contributed by atoms with Crippen molar-refractivity contribution >= 4 is 0 Å². The Kier molecular flexibility index (Phi) is 3.66. The first-order valence-corrected chi connectivity index (χ1v) is 3.11. The Bertz CT molecular complexity index is 201. The fourth-order valence-corrected chi connectivity index (χ4v) is 0.674. The normalized spacial score (nSPS) is 14.9. The molecule has 14 heavy (non-hydrogen) atoms. The zero-order valence-electron chi connectivity index (χ0n) is 7.08. The summed E-state index contributed by atoms with van der Waals surface area (Å²) in [6, 6.07) is 0. The molecule has 0 aliphatic carbocycles. The van der Waals surface area contributed by atoms with Crippen molar-refractivity contribution < 1.29 is 35.8 Å². The summed E-state index contributed by atoms with van der Waals surface area (Å²) in [6.07, 6.45) is -10.5. The van der Waals surface area contributed by atoms with Crippen LogP contribution in [0, 0.1) is 0 Å². The first-order chi connectivity index (χ1) is 6.14. The minimum absolute atomic E-state index is 0.480. The molecule has 84 valence electrons. The van der Waals surface area contributed by atoms with Crippen LogP contribution >= 0.6 is 0 Å². The van der Waals surface area contributed by atoms with Crippen LogP contribution in [0.3, 0.4) is 0 Å². The molecule has 0 fully saturated rings. The zero-order valence-corrected chi connectivity index (χ0v) is 7.08. The Labute approximate surface area is 75.1 Å². The van der Waals surface area contributed by atoms with Gasteiger partial charge in [0.15, 0.2) is 0 Å². The van der Waals surface area contributed by atoms with E-state index in [9.17, 15) is 26.3 Å². The van der Waals surface area contributed by atoms with Crippen molar-refractivity contribution in [2.75, 3.05) is 14.2 Å². The number of ether oxygens (including phenoxy) is 2. The molecule has 2 nitrogen and oxygen atoms in total. The Balaban J connectivity index is 5.36. The molecule has 0 atom stereocenters. The summed E-state index contributed by atoms with van der Waals surface area (Å²) >= 11 is 0.